The first kappa shape index (κ1) is 26.8. The van der Waals surface area contributed by atoms with Gasteiger partial charge in [0.05, 0.1) is 5.69 Å². The summed E-state index contributed by atoms with van der Waals surface area (Å²) in [6, 6.07) is 3.89. The maximum absolute atomic E-state index is 12.6. The van der Waals surface area contributed by atoms with Gasteiger partial charge in [0, 0.05) is 76.9 Å². The molecular weight excluding hydrogens is 533 g/mol. The van der Waals surface area contributed by atoms with E-state index >= 15 is 0 Å². The van der Waals surface area contributed by atoms with Crippen molar-refractivity contribution in [3.63, 3.8) is 0 Å². The third kappa shape index (κ3) is 8.45. The predicted octanol–water partition coefficient (Wildman–Crippen LogP) is 1.59. The SMILES string of the molecule is CCNC(=NCCCn1nc(C)cc1C)NCCC(=O)N1CCN(c2ncccn2)CC1.I. The Morgan fingerprint density at radius 1 is 1.12 bits per heavy atom. The standard InChI is InChI=1S/C22H35N9O.HI/c1-4-23-21(24-10-6-12-31-19(3)17-18(2)28-31)25-11-7-20(32)29-13-15-30(16-14-29)22-26-8-5-9-27-22;/h5,8-9,17H,4,6-7,10-16H2,1-3H3,(H2,23,24,25);1H. The Labute approximate surface area is 213 Å². The van der Waals surface area contributed by atoms with Crippen LogP contribution in [0.1, 0.15) is 31.2 Å². The van der Waals surface area contributed by atoms with Crippen molar-refractivity contribution in [1.82, 2.24) is 35.3 Å². The fourth-order valence-electron chi connectivity index (χ4n) is 3.71. The molecule has 3 rings (SSSR count). The van der Waals surface area contributed by atoms with Gasteiger partial charge in [-0.05, 0) is 39.3 Å². The number of nitrogens with zero attached hydrogens (tertiary/aromatic N) is 7. The number of aliphatic imine (C=N–C) groups is 1. The summed E-state index contributed by atoms with van der Waals surface area (Å²) in [6.07, 6.45) is 4.84. The van der Waals surface area contributed by atoms with Gasteiger partial charge in [0.2, 0.25) is 11.9 Å². The lowest BCUT2D eigenvalue weighted by atomic mass is 10.3. The van der Waals surface area contributed by atoms with E-state index in [2.05, 4.69) is 48.6 Å². The minimum absolute atomic E-state index is 0. The summed E-state index contributed by atoms with van der Waals surface area (Å²) in [4.78, 5) is 29.8. The monoisotopic (exact) mass is 569 g/mol. The van der Waals surface area contributed by atoms with E-state index in [1.165, 1.54) is 5.69 Å². The van der Waals surface area contributed by atoms with Gasteiger partial charge < -0.3 is 20.4 Å². The quantitative estimate of drug-likeness (QED) is 0.205. The summed E-state index contributed by atoms with van der Waals surface area (Å²) in [6.45, 7) is 11.9. The van der Waals surface area contributed by atoms with Crippen LogP contribution in [-0.2, 0) is 11.3 Å². The van der Waals surface area contributed by atoms with Gasteiger partial charge in [-0.15, -0.1) is 24.0 Å². The van der Waals surface area contributed by atoms with E-state index in [1.54, 1.807) is 12.4 Å². The van der Waals surface area contributed by atoms with Crippen LogP contribution in [0, 0.1) is 13.8 Å². The lowest BCUT2D eigenvalue weighted by Crippen LogP contribution is -2.50. The normalized spacial score (nSPS) is 14.1. The Morgan fingerprint density at radius 2 is 1.85 bits per heavy atom. The Balaban J connectivity index is 0.00000385. The number of aryl methyl sites for hydroxylation is 3. The van der Waals surface area contributed by atoms with Crippen LogP contribution in [-0.4, -0.2) is 82.3 Å². The van der Waals surface area contributed by atoms with Crippen LogP contribution in [0.5, 0.6) is 0 Å². The number of rotatable bonds is 9. The summed E-state index contributed by atoms with van der Waals surface area (Å²) in [5, 5.41) is 11.0. The Morgan fingerprint density at radius 3 is 2.48 bits per heavy atom. The van der Waals surface area contributed by atoms with Crippen molar-refractivity contribution in [2.45, 2.75) is 40.2 Å². The first-order valence-corrected chi connectivity index (χ1v) is 11.4. The van der Waals surface area contributed by atoms with Crippen molar-refractivity contribution in [2.24, 2.45) is 4.99 Å². The smallest absolute Gasteiger partial charge is 0.225 e. The molecule has 0 unspecified atom stereocenters. The van der Waals surface area contributed by atoms with Crippen LogP contribution in [0.25, 0.3) is 0 Å². The molecule has 1 aliphatic heterocycles. The molecule has 0 atom stereocenters. The highest BCUT2D eigenvalue weighted by atomic mass is 127. The summed E-state index contributed by atoms with van der Waals surface area (Å²) < 4.78 is 2.02. The van der Waals surface area contributed by atoms with Gasteiger partial charge in [0.25, 0.3) is 0 Å². The Kier molecular flexibility index (Phi) is 11.3. The van der Waals surface area contributed by atoms with E-state index in [0.29, 0.717) is 32.6 Å². The van der Waals surface area contributed by atoms with Gasteiger partial charge in [-0.2, -0.15) is 5.10 Å². The molecule has 0 saturated carbocycles. The van der Waals surface area contributed by atoms with Crippen LogP contribution < -0.4 is 15.5 Å². The zero-order chi connectivity index (χ0) is 22.8. The molecule has 1 fully saturated rings. The largest absolute Gasteiger partial charge is 0.357 e. The van der Waals surface area contributed by atoms with E-state index in [1.807, 2.05) is 29.5 Å². The molecule has 0 aliphatic carbocycles. The van der Waals surface area contributed by atoms with Crippen molar-refractivity contribution in [1.29, 1.82) is 0 Å². The average molecular weight is 569 g/mol. The van der Waals surface area contributed by atoms with Gasteiger partial charge in [0.15, 0.2) is 5.96 Å². The maximum Gasteiger partial charge on any atom is 0.225 e. The van der Waals surface area contributed by atoms with Crippen LogP contribution in [0.3, 0.4) is 0 Å². The molecule has 11 heteroatoms. The zero-order valence-corrected chi connectivity index (χ0v) is 22.2. The number of hydrogen-bond donors (Lipinski definition) is 2. The van der Waals surface area contributed by atoms with Gasteiger partial charge in [-0.1, -0.05) is 0 Å². The number of halogens is 1. The molecule has 0 spiro atoms. The number of carbonyl (C=O) groups is 1. The number of guanidine groups is 1. The van der Waals surface area contributed by atoms with E-state index in [9.17, 15) is 4.79 Å². The molecule has 0 bridgehead atoms. The molecule has 1 amide bonds. The second-order valence-electron chi connectivity index (χ2n) is 7.86. The maximum atomic E-state index is 12.6. The molecule has 2 aromatic rings. The summed E-state index contributed by atoms with van der Waals surface area (Å²) >= 11 is 0. The second kappa shape index (κ2) is 14.0. The van der Waals surface area contributed by atoms with E-state index < -0.39 is 0 Å². The predicted molar refractivity (Wildman–Crippen MR) is 141 cm³/mol. The molecule has 1 saturated heterocycles. The minimum atomic E-state index is 0. The zero-order valence-electron chi connectivity index (χ0n) is 19.8. The lowest BCUT2D eigenvalue weighted by Gasteiger charge is -2.34. The topological polar surface area (TPSA) is 104 Å². The van der Waals surface area contributed by atoms with E-state index in [-0.39, 0.29) is 29.9 Å². The third-order valence-electron chi connectivity index (χ3n) is 5.34. The van der Waals surface area contributed by atoms with Crippen molar-refractivity contribution < 1.29 is 4.79 Å². The second-order valence-corrected chi connectivity index (χ2v) is 7.86. The van der Waals surface area contributed by atoms with Crippen molar-refractivity contribution in [3.8, 4) is 0 Å². The summed E-state index contributed by atoms with van der Waals surface area (Å²) in [7, 11) is 0. The fourth-order valence-corrected chi connectivity index (χ4v) is 3.71. The van der Waals surface area contributed by atoms with E-state index in [0.717, 1.165) is 50.2 Å². The molecule has 10 nitrogen and oxygen atoms in total. The average Bonchev–Trinajstić information content (AvgIpc) is 3.14. The van der Waals surface area contributed by atoms with Gasteiger partial charge in [-0.3, -0.25) is 14.5 Å². The van der Waals surface area contributed by atoms with Crippen molar-refractivity contribution in [2.75, 3.05) is 50.7 Å². The summed E-state index contributed by atoms with van der Waals surface area (Å²) in [5.41, 5.74) is 2.22. The molecule has 0 radical (unpaired) electrons. The molecule has 33 heavy (non-hydrogen) atoms. The molecule has 1 aliphatic rings. The number of aromatic nitrogens is 4. The molecule has 2 N–H and O–H groups in total. The number of amides is 1. The first-order valence-electron chi connectivity index (χ1n) is 11.4. The minimum Gasteiger partial charge on any atom is -0.357 e. The highest BCUT2D eigenvalue weighted by molar-refractivity contribution is 14.0. The number of hydrogen-bond acceptors (Lipinski definition) is 6. The van der Waals surface area contributed by atoms with Gasteiger partial charge >= 0.3 is 0 Å². The van der Waals surface area contributed by atoms with Crippen LogP contribution in [0.2, 0.25) is 0 Å². The van der Waals surface area contributed by atoms with Gasteiger partial charge in [-0.25, -0.2) is 9.97 Å². The molecule has 182 valence electrons. The molecule has 3 heterocycles. The Bertz CT molecular complexity index is 879. The third-order valence-corrected chi connectivity index (χ3v) is 5.34. The van der Waals surface area contributed by atoms with E-state index in [4.69, 9.17) is 0 Å². The Hall–Kier alpha value is -2.44. The highest BCUT2D eigenvalue weighted by Gasteiger charge is 2.22. The van der Waals surface area contributed by atoms with Crippen LogP contribution >= 0.6 is 24.0 Å². The van der Waals surface area contributed by atoms with Crippen molar-refractivity contribution >= 4 is 41.8 Å². The number of nitrogens with one attached hydrogen (secondary N) is 2. The number of anilines is 1. The fraction of sp³-hybridized carbons (Fsp3) is 0.591. The molecule has 2 aromatic heterocycles. The van der Waals surface area contributed by atoms with Crippen molar-refractivity contribution in [3.05, 3.63) is 35.9 Å². The first-order chi connectivity index (χ1) is 15.6. The van der Waals surface area contributed by atoms with Crippen LogP contribution in [0.15, 0.2) is 29.5 Å². The molecular formula is C22H36IN9O. The molecule has 0 aromatic carbocycles. The highest BCUT2D eigenvalue weighted by Crippen LogP contribution is 2.10. The van der Waals surface area contributed by atoms with Gasteiger partial charge in [0.1, 0.15) is 0 Å². The number of carbonyl (C=O) groups excluding carboxylic acids is 1. The number of piperazine rings is 1. The van der Waals surface area contributed by atoms with Crippen LogP contribution in [0.4, 0.5) is 5.95 Å². The summed E-state index contributed by atoms with van der Waals surface area (Å²) in [5.74, 6) is 1.64. The lowest BCUT2D eigenvalue weighted by molar-refractivity contribution is -0.131.